The number of ether oxygens (including phenoxy) is 3. The maximum absolute atomic E-state index is 13.9. The Morgan fingerprint density at radius 1 is 1.02 bits per heavy atom. The van der Waals surface area contributed by atoms with Gasteiger partial charge in [0.15, 0.2) is 5.43 Å². The van der Waals surface area contributed by atoms with E-state index in [-0.39, 0.29) is 52.9 Å². The zero-order valence-corrected chi connectivity index (χ0v) is 24.0. The van der Waals surface area contributed by atoms with E-state index >= 15 is 0 Å². The molecule has 0 fully saturated rings. The van der Waals surface area contributed by atoms with Gasteiger partial charge < -0.3 is 23.9 Å². The number of aryl methyl sites for hydroxylation is 1. The molecule has 10 heteroatoms. The Kier molecular flexibility index (Phi) is 9.26. The predicted molar refractivity (Wildman–Crippen MR) is 153 cm³/mol. The number of esters is 1. The van der Waals surface area contributed by atoms with E-state index in [4.69, 9.17) is 18.6 Å². The summed E-state index contributed by atoms with van der Waals surface area (Å²) in [7, 11) is 1.59. The lowest BCUT2D eigenvalue weighted by Crippen LogP contribution is -2.24. The smallest absolute Gasteiger partial charge is 0.416 e. The van der Waals surface area contributed by atoms with Crippen molar-refractivity contribution in [2.45, 2.75) is 39.9 Å². The average Bonchev–Trinajstić information content (AvgIpc) is 2.96. The van der Waals surface area contributed by atoms with Gasteiger partial charge in [0, 0.05) is 18.2 Å². The summed E-state index contributed by atoms with van der Waals surface area (Å²) in [5.74, 6) is -0.196. The minimum Gasteiger partial charge on any atom is -0.497 e. The Balaban J connectivity index is 1.62. The van der Waals surface area contributed by atoms with Crippen LogP contribution >= 0.6 is 0 Å². The molecule has 0 amide bonds. The van der Waals surface area contributed by atoms with Crippen molar-refractivity contribution in [3.05, 3.63) is 92.8 Å². The summed E-state index contributed by atoms with van der Waals surface area (Å²) in [5.41, 5.74) is 0.927. The van der Waals surface area contributed by atoms with Gasteiger partial charge in [-0.3, -0.25) is 4.79 Å². The van der Waals surface area contributed by atoms with E-state index in [1.165, 1.54) is 19.1 Å². The number of alkyl halides is 3. The lowest BCUT2D eigenvalue weighted by molar-refractivity contribution is -0.137. The molecule has 0 saturated carbocycles. The molecule has 42 heavy (non-hydrogen) atoms. The summed E-state index contributed by atoms with van der Waals surface area (Å²) in [5, 5.41) is 3.43. The number of carbonyl (C=O) groups is 1. The van der Waals surface area contributed by atoms with Crippen LogP contribution in [0, 0.1) is 13.8 Å². The van der Waals surface area contributed by atoms with Crippen LogP contribution < -0.4 is 20.2 Å². The highest BCUT2D eigenvalue weighted by atomic mass is 19.4. The van der Waals surface area contributed by atoms with Gasteiger partial charge in [-0.15, -0.1) is 0 Å². The van der Waals surface area contributed by atoms with E-state index in [0.29, 0.717) is 17.7 Å². The van der Waals surface area contributed by atoms with Gasteiger partial charge in [0.2, 0.25) is 5.76 Å². The normalized spacial score (nSPS) is 12.3. The second-order valence-electron chi connectivity index (χ2n) is 9.82. The highest BCUT2D eigenvalue weighted by Crippen LogP contribution is 2.37. The lowest BCUT2D eigenvalue weighted by atomic mass is 9.97. The molecule has 4 aromatic rings. The zero-order chi connectivity index (χ0) is 30.6. The maximum atomic E-state index is 13.9. The molecule has 0 bridgehead atoms. The molecular formula is C32H32F3NO6. The first-order chi connectivity index (χ1) is 19.9. The van der Waals surface area contributed by atoms with Crippen molar-refractivity contribution in [2.24, 2.45) is 0 Å². The van der Waals surface area contributed by atoms with E-state index in [9.17, 15) is 22.8 Å². The van der Waals surface area contributed by atoms with Crippen molar-refractivity contribution in [1.82, 2.24) is 5.32 Å². The Bertz CT molecular complexity index is 1660. The van der Waals surface area contributed by atoms with E-state index in [2.05, 4.69) is 5.32 Å². The Labute approximate surface area is 241 Å². The fourth-order valence-corrected chi connectivity index (χ4v) is 4.61. The highest BCUT2D eigenvalue weighted by Gasteiger charge is 2.32. The van der Waals surface area contributed by atoms with Gasteiger partial charge in [-0.25, -0.2) is 4.79 Å². The summed E-state index contributed by atoms with van der Waals surface area (Å²) >= 11 is 0. The number of fused-ring (bicyclic) bond motifs is 1. The van der Waals surface area contributed by atoms with Crippen molar-refractivity contribution in [1.29, 1.82) is 0 Å². The Morgan fingerprint density at radius 2 is 1.76 bits per heavy atom. The van der Waals surface area contributed by atoms with E-state index < -0.39 is 23.1 Å². The van der Waals surface area contributed by atoms with Crippen molar-refractivity contribution < 1.29 is 36.6 Å². The first-order valence-electron chi connectivity index (χ1n) is 13.4. The molecule has 7 nitrogen and oxygen atoms in total. The van der Waals surface area contributed by atoms with Crippen LogP contribution in [-0.4, -0.2) is 32.8 Å². The monoisotopic (exact) mass is 583 g/mol. The number of nitrogens with one attached hydrogen (secondary N) is 1. The molecule has 0 spiro atoms. The largest absolute Gasteiger partial charge is 0.497 e. The third-order valence-corrected chi connectivity index (χ3v) is 6.85. The third kappa shape index (κ3) is 6.76. The second kappa shape index (κ2) is 12.7. The molecule has 4 rings (SSSR count). The Hall–Kier alpha value is -4.31. The molecule has 0 radical (unpaired) electrons. The van der Waals surface area contributed by atoms with Gasteiger partial charge in [-0.2, -0.15) is 13.2 Å². The summed E-state index contributed by atoms with van der Waals surface area (Å²) in [6, 6.07) is 14.1. The van der Waals surface area contributed by atoms with Crippen LogP contribution in [0.2, 0.25) is 0 Å². The maximum Gasteiger partial charge on any atom is 0.416 e. The van der Waals surface area contributed by atoms with Crippen molar-refractivity contribution in [2.75, 3.05) is 26.9 Å². The standard InChI is InChI=1S/C32H32F3NO6/c1-6-40-31(38)30-19(3)28(37)27-16-22(12-18(2)29(27)42-30)23-13-24(32(33,34)35)17-26(15-23)41-11-10-36-20(4)21-8-7-9-25(14-21)39-5/h7-9,12-17,20,36H,6,10-11H2,1-5H3/t20-/m1/s1. The Morgan fingerprint density at radius 3 is 2.45 bits per heavy atom. The molecule has 0 aliphatic rings. The predicted octanol–water partition coefficient (Wildman–Crippen LogP) is 7.01. The topological polar surface area (TPSA) is 87.0 Å². The van der Waals surface area contributed by atoms with Crippen molar-refractivity contribution >= 4 is 16.9 Å². The van der Waals surface area contributed by atoms with Crippen molar-refractivity contribution in [3.63, 3.8) is 0 Å². The van der Waals surface area contributed by atoms with Crippen molar-refractivity contribution in [3.8, 4) is 22.6 Å². The van der Waals surface area contributed by atoms with Crippen LogP contribution in [0.25, 0.3) is 22.1 Å². The summed E-state index contributed by atoms with van der Waals surface area (Å²) in [4.78, 5) is 25.5. The van der Waals surface area contributed by atoms with Crippen LogP contribution in [0.3, 0.4) is 0 Å². The number of carbonyl (C=O) groups excluding carboxylic acids is 1. The zero-order valence-electron chi connectivity index (χ0n) is 24.0. The first-order valence-corrected chi connectivity index (χ1v) is 13.4. The fraction of sp³-hybridized carbons (Fsp3) is 0.312. The minimum absolute atomic E-state index is 0.0364. The number of hydrogen-bond acceptors (Lipinski definition) is 7. The molecule has 1 N–H and O–H groups in total. The number of benzene rings is 3. The fourth-order valence-electron chi connectivity index (χ4n) is 4.61. The minimum atomic E-state index is -4.62. The molecule has 3 aromatic carbocycles. The molecule has 0 aliphatic heterocycles. The van der Waals surface area contributed by atoms with Gasteiger partial charge in [-0.1, -0.05) is 12.1 Å². The lowest BCUT2D eigenvalue weighted by Gasteiger charge is -2.17. The number of hydrogen-bond donors (Lipinski definition) is 1. The average molecular weight is 584 g/mol. The number of rotatable bonds is 10. The highest BCUT2D eigenvalue weighted by molar-refractivity contribution is 5.93. The molecule has 222 valence electrons. The van der Waals surface area contributed by atoms with Gasteiger partial charge >= 0.3 is 12.1 Å². The van der Waals surface area contributed by atoms with Crippen LogP contribution in [0.1, 0.15) is 52.7 Å². The summed E-state index contributed by atoms with van der Waals surface area (Å²) in [6.45, 7) is 7.30. The van der Waals surface area contributed by atoms with Crippen LogP contribution in [0.4, 0.5) is 13.2 Å². The molecule has 1 heterocycles. The molecule has 0 saturated heterocycles. The van der Waals surface area contributed by atoms with Crippen LogP contribution in [0.15, 0.2) is 63.8 Å². The van der Waals surface area contributed by atoms with Gasteiger partial charge in [0.05, 0.1) is 24.7 Å². The van der Waals surface area contributed by atoms with E-state index in [1.54, 1.807) is 27.0 Å². The molecule has 0 aliphatic carbocycles. The van der Waals surface area contributed by atoms with E-state index in [0.717, 1.165) is 23.4 Å². The van der Waals surface area contributed by atoms with Gasteiger partial charge in [0.1, 0.15) is 23.7 Å². The van der Waals surface area contributed by atoms with Gasteiger partial charge in [-0.05, 0) is 92.4 Å². The summed E-state index contributed by atoms with van der Waals surface area (Å²) < 4.78 is 63.3. The second-order valence-corrected chi connectivity index (χ2v) is 9.82. The number of methoxy groups -OCH3 is 1. The van der Waals surface area contributed by atoms with Gasteiger partial charge in [0.25, 0.3) is 0 Å². The molecular weight excluding hydrogens is 551 g/mol. The van der Waals surface area contributed by atoms with Crippen LogP contribution in [0.5, 0.6) is 11.5 Å². The first kappa shape index (κ1) is 30.6. The quantitative estimate of drug-likeness (QED) is 0.159. The molecule has 1 aromatic heterocycles. The van der Waals surface area contributed by atoms with E-state index in [1.807, 2.05) is 31.2 Å². The summed E-state index contributed by atoms with van der Waals surface area (Å²) in [6.07, 6.45) is -4.62. The SMILES string of the molecule is CCOC(=O)c1oc2c(C)cc(-c3cc(OCCN[C@H](C)c4cccc(OC)c4)cc(C(F)(F)F)c3)cc2c(=O)c1C. The third-order valence-electron chi connectivity index (χ3n) is 6.85. The molecule has 0 unspecified atom stereocenters. The van der Waals surface area contributed by atoms with Crippen LogP contribution in [-0.2, 0) is 10.9 Å². The number of halogens is 3. The molecule has 1 atom stereocenters.